The van der Waals surface area contributed by atoms with Crippen molar-refractivity contribution in [3.05, 3.63) is 57.3 Å². The molecule has 0 spiro atoms. The number of anilines is 2. The quantitative estimate of drug-likeness (QED) is 0.337. The summed E-state index contributed by atoms with van der Waals surface area (Å²) in [4.78, 5) is 26.2. The predicted molar refractivity (Wildman–Crippen MR) is 126 cm³/mol. The molecule has 32 heavy (non-hydrogen) atoms. The van der Waals surface area contributed by atoms with Crippen LogP contribution in [-0.2, 0) is 16.0 Å². The summed E-state index contributed by atoms with van der Waals surface area (Å²) in [6, 6.07) is 7.63. The Bertz CT molecular complexity index is 1020. The normalized spacial score (nSPS) is 19.0. The van der Waals surface area contributed by atoms with E-state index in [1.165, 1.54) is 12.1 Å². The lowest BCUT2D eigenvalue weighted by atomic mass is 9.87. The maximum atomic E-state index is 14.2. The molecule has 2 unspecified atom stereocenters. The van der Waals surface area contributed by atoms with E-state index in [1.54, 1.807) is 39.0 Å². The lowest BCUT2D eigenvalue weighted by Gasteiger charge is -2.40. The van der Waals surface area contributed by atoms with E-state index in [0.717, 1.165) is 12.7 Å². The minimum atomic E-state index is -0.712. The van der Waals surface area contributed by atoms with Gasteiger partial charge in [-0.1, -0.05) is 41.4 Å². The highest BCUT2D eigenvalue weighted by atomic mass is 35.5. The zero-order valence-electron chi connectivity index (χ0n) is 18.3. The molecule has 0 aliphatic carbocycles. The van der Waals surface area contributed by atoms with Gasteiger partial charge in [0, 0.05) is 6.54 Å². The number of nitrogens with two attached hydrogens (primary N) is 1. The zero-order chi connectivity index (χ0) is 23.6. The van der Waals surface area contributed by atoms with Gasteiger partial charge in [0.25, 0.3) is 0 Å². The summed E-state index contributed by atoms with van der Waals surface area (Å²) in [7, 11) is 0. The zero-order valence-corrected chi connectivity index (χ0v) is 19.8. The van der Waals surface area contributed by atoms with Crippen molar-refractivity contribution in [3.63, 3.8) is 0 Å². The van der Waals surface area contributed by atoms with Crippen LogP contribution in [-0.4, -0.2) is 30.4 Å². The average Bonchev–Trinajstić information content (AvgIpc) is 2.71. The number of nitrogen functional groups attached to an aromatic ring is 1. The van der Waals surface area contributed by atoms with E-state index in [2.05, 4.69) is 0 Å². The molecule has 1 aliphatic heterocycles. The molecule has 0 aromatic heterocycles. The van der Waals surface area contributed by atoms with E-state index < -0.39 is 17.6 Å². The van der Waals surface area contributed by atoms with Crippen molar-refractivity contribution in [1.82, 2.24) is 0 Å². The van der Waals surface area contributed by atoms with Crippen LogP contribution in [0.5, 0.6) is 0 Å². The summed E-state index contributed by atoms with van der Waals surface area (Å²) >= 11 is 13.1. The Hall–Kier alpha value is -2.31. The Morgan fingerprint density at radius 2 is 1.97 bits per heavy atom. The van der Waals surface area contributed by atoms with Crippen LogP contribution in [0.4, 0.5) is 15.8 Å². The van der Waals surface area contributed by atoms with Crippen molar-refractivity contribution in [3.8, 4) is 0 Å². The van der Waals surface area contributed by atoms with E-state index in [0.29, 0.717) is 30.6 Å². The second-order valence-corrected chi connectivity index (χ2v) is 9.86. The number of piperidine rings is 1. The maximum Gasteiger partial charge on any atom is 0.340 e. The van der Waals surface area contributed by atoms with Gasteiger partial charge in [0.15, 0.2) is 0 Å². The van der Waals surface area contributed by atoms with Gasteiger partial charge in [-0.3, -0.25) is 0 Å². The maximum absolute atomic E-state index is 14.2. The predicted octanol–water partition coefficient (Wildman–Crippen LogP) is 5.70. The molecule has 3 rings (SSSR count). The van der Waals surface area contributed by atoms with Crippen LogP contribution in [0.15, 0.2) is 30.3 Å². The summed E-state index contributed by atoms with van der Waals surface area (Å²) in [5.74, 6) is -0.797. The smallest absolute Gasteiger partial charge is 0.340 e. The number of esters is 1. The summed E-state index contributed by atoms with van der Waals surface area (Å²) in [6.07, 6.45) is 2.71. The molecule has 5 nitrogen and oxygen atoms in total. The topological polar surface area (TPSA) is 72.6 Å². The fourth-order valence-electron chi connectivity index (χ4n) is 4.00. The van der Waals surface area contributed by atoms with E-state index in [9.17, 15) is 14.0 Å². The number of carbonyl (C=O) groups is 2. The van der Waals surface area contributed by atoms with Crippen LogP contribution < -0.4 is 10.6 Å². The highest BCUT2D eigenvalue weighted by molar-refractivity contribution is 6.41. The SMILES string of the molecule is CC(C)(C)OC(=O)c1cc(Cl)c(N2CC(Cc3ccccc3F)CCC2C=O)c(Cl)c1N. The molecule has 1 saturated heterocycles. The monoisotopic (exact) mass is 480 g/mol. The molecular weight excluding hydrogens is 454 g/mol. The van der Waals surface area contributed by atoms with Crippen molar-refractivity contribution >= 4 is 46.8 Å². The van der Waals surface area contributed by atoms with E-state index in [-0.39, 0.29) is 33.0 Å². The molecule has 2 N–H and O–H groups in total. The number of nitrogens with zero attached hydrogens (tertiary/aromatic N) is 1. The number of hydrogen-bond donors (Lipinski definition) is 1. The molecule has 0 radical (unpaired) electrons. The number of aldehydes is 1. The molecule has 0 amide bonds. The van der Waals surface area contributed by atoms with Gasteiger partial charge in [-0.15, -0.1) is 0 Å². The number of rotatable bonds is 5. The van der Waals surface area contributed by atoms with E-state index >= 15 is 0 Å². The van der Waals surface area contributed by atoms with Crippen molar-refractivity contribution in [1.29, 1.82) is 0 Å². The Labute approximate surface area is 197 Å². The van der Waals surface area contributed by atoms with Gasteiger partial charge in [0.2, 0.25) is 0 Å². The Morgan fingerprint density at radius 3 is 2.59 bits per heavy atom. The molecule has 1 fully saturated rings. The summed E-state index contributed by atoms with van der Waals surface area (Å²) in [5.41, 5.74) is 6.61. The third kappa shape index (κ3) is 5.36. The molecule has 0 saturated carbocycles. The molecule has 172 valence electrons. The Morgan fingerprint density at radius 1 is 1.28 bits per heavy atom. The Balaban J connectivity index is 1.93. The van der Waals surface area contributed by atoms with E-state index in [4.69, 9.17) is 33.7 Å². The lowest BCUT2D eigenvalue weighted by molar-refractivity contribution is -0.109. The molecular formula is C24H27Cl2FN2O3. The van der Waals surface area contributed by atoms with Crippen LogP contribution in [0.3, 0.4) is 0 Å². The van der Waals surface area contributed by atoms with Crippen molar-refractivity contribution in [2.75, 3.05) is 17.2 Å². The highest BCUT2D eigenvalue weighted by Gasteiger charge is 2.33. The molecule has 2 aromatic rings. The Kier molecular flexibility index (Phi) is 7.36. The third-order valence-electron chi connectivity index (χ3n) is 5.49. The fraction of sp³-hybridized carbons (Fsp3) is 0.417. The van der Waals surface area contributed by atoms with Gasteiger partial charge >= 0.3 is 5.97 Å². The van der Waals surface area contributed by atoms with Crippen LogP contribution in [0.1, 0.15) is 49.5 Å². The van der Waals surface area contributed by atoms with Crippen LogP contribution in [0, 0.1) is 11.7 Å². The number of halogens is 3. The van der Waals surface area contributed by atoms with Crippen molar-refractivity contribution in [2.24, 2.45) is 5.92 Å². The molecule has 8 heteroatoms. The molecule has 0 bridgehead atoms. The number of benzene rings is 2. The van der Waals surface area contributed by atoms with Gasteiger partial charge in [0.05, 0.1) is 33.0 Å². The number of ether oxygens (including phenoxy) is 1. The van der Waals surface area contributed by atoms with Crippen LogP contribution >= 0.6 is 23.2 Å². The average molecular weight is 481 g/mol. The first-order valence-corrected chi connectivity index (χ1v) is 11.2. The summed E-state index contributed by atoms with van der Waals surface area (Å²) in [6.45, 7) is 5.69. The highest BCUT2D eigenvalue weighted by Crippen LogP contribution is 2.43. The lowest BCUT2D eigenvalue weighted by Crippen LogP contribution is -2.45. The van der Waals surface area contributed by atoms with Gasteiger partial charge in [0.1, 0.15) is 17.7 Å². The van der Waals surface area contributed by atoms with Crippen LogP contribution in [0.2, 0.25) is 10.0 Å². The first-order chi connectivity index (χ1) is 15.0. The van der Waals surface area contributed by atoms with Crippen molar-refractivity contribution < 1.29 is 18.7 Å². The molecule has 2 atom stereocenters. The first-order valence-electron chi connectivity index (χ1n) is 10.5. The molecule has 1 heterocycles. The fourth-order valence-corrected chi connectivity index (χ4v) is 4.67. The third-order valence-corrected chi connectivity index (χ3v) is 6.16. The largest absolute Gasteiger partial charge is 0.456 e. The van der Waals surface area contributed by atoms with Crippen LogP contribution in [0.25, 0.3) is 0 Å². The summed E-state index contributed by atoms with van der Waals surface area (Å²) < 4.78 is 19.5. The second kappa shape index (κ2) is 9.67. The standard InChI is InChI=1S/C24H27Cl2FN2O3/c1-24(2,3)32-23(31)17-11-18(25)22(20(26)21(17)28)29-12-14(8-9-16(29)13-30)10-15-6-4-5-7-19(15)27/h4-7,11,13-14,16H,8-10,12,28H2,1-3H3. The second-order valence-electron chi connectivity index (χ2n) is 9.08. The van der Waals surface area contributed by atoms with Gasteiger partial charge in [-0.2, -0.15) is 0 Å². The molecule has 1 aliphatic rings. The van der Waals surface area contributed by atoms with Gasteiger partial charge in [-0.25, -0.2) is 9.18 Å². The first kappa shape index (κ1) is 24.3. The number of hydrogen-bond acceptors (Lipinski definition) is 5. The minimum Gasteiger partial charge on any atom is -0.456 e. The van der Waals surface area contributed by atoms with Crippen molar-refractivity contribution in [2.45, 2.75) is 51.7 Å². The number of carbonyl (C=O) groups excluding carboxylic acids is 2. The van der Waals surface area contributed by atoms with Gasteiger partial charge in [-0.05, 0) is 63.6 Å². The molecule has 2 aromatic carbocycles. The van der Waals surface area contributed by atoms with E-state index in [1.807, 2.05) is 4.90 Å². The van der Waals surface area contributed by atoms with Gasteiger partial charge < -0.3 is 20.2 Å². The summed E-state index contributed by atoms with van der Waals surface area (Å²) in [5, 5.41) is 0.292. The minimum absolute atomic E-state index is 0.0428.